The molecule has 1 unspecified atom stereocenters. The fourth-order valence-electron chi connectivity index (χ4n) is 2.24. The van der Waals surface area contributed by atoms with Crippen LogP contribution in [0.4, 0.5) is 0 Å². The standard InChI is InChI=1S/C13H23N3O/c1-3-11-8-12(16(4-2)15-11)10-17-13-6-5-7-14-9-13/h8,13-14H,3-7,9-10H2,1-2H3. The minimum absolute atomic E-state index is 0.369. The second kappa shape index (κ2) is 6.17. The van der Waals surface area contributed by atoms with Gasteiger partial charge in [0, 0.05) is 13.1 Å². The van der Waals surface area contributed by atoms with Crippen LogP contribution in [0.15, 0.2) is 6.07 Å². The van der Waals surface area contributed by atoms with E-state index in [1.165, 1.54) is 18.5 Å². The van der Waals surface area contributed by atoms with Crippen LogP contribution in [0.2, 0.25) is 0 Å². The predicted molar refractivity (Wildman–Crippen MR) is 68.0 cm³/mol. The van der Waals surface area contributed by atoms with Gasteiger partial charge in [0.25, 0.3) is 0 Å². The first-order valence-electron chi connectivity index (χ1n) is 6.71. The summed E-state index contributed by atoms with van der Waals surface area (Å²) in [6.45, 7) is 7.98. The molecule has 0 spiro atoms. The van der Waals surface area contributed by atoms with Crippen LogP contribution in [-0.2, 0) is 24.3 Å². The van der Waals surface area contributed by atoms with E-state index in [1.54, 1.807) is 0 Å². The number of hydrogen-bond acceptors (Lipinski definition) is 3. The van der Waals surface area contributed by atoms with Gasteiger partial charge in [-0.15, -0.1) is 0 Å². The molecule has 1 aliphatic heterocycles. The maximum absolute atomic E-state index is 5.95. The van der Waals surface area contributed by atoms with Crippen LogP contribution < -0.4 is 5.32 Å². The van der Waals surface area contributed by atoms with Crippen LogP contribution in [-0.4, -0.2) is 29.0 Å². The van der Waals surface area contributed by atoms with Gasteiger partial charge in [-0.05, 0) is 38.8 Å². The second-order valence-corrected chi connectivity index (χ2v) is 4.58. The van der Waals surface area contributed by atoms with E-state index in [-0.39, 0.29) is 0 Å². The molecular formula is C13H23N3O. The first kappa shape index (κ1) is 12.6. The van der Waals surface area contributed by atoms with Gasteiger partial charge in [-0.3, -0.25) is 4.68 Å². The largest absolute Gasteiger partial charge is 0.371 e. The zero-order chi connectivity index (χ0) is 12.1. The van der Waals surface area contributed by atoms with E-state index in [0.29, 0.717) is 12.7 Å². The Morgan fingerprint density at radius 3 is 3.06 bits per heavy atom. The Bertz CT molecular complexity index is 342. The quantitative estimate of drug-likeness (QED) is 0.847. The SMILES string of the molecule is CCc1cc(COC2CCCNC2)n(CC)n1. The summed E-state index contributed by atoms with van der Waals surface area (Å²) in [6.07, 6.45) is 3.76. The van der Waals surface area contributed by atoms with Crippen molar-refractivity contribution in [3.05, 3.63) is 17.5 Å². The predicted octanol–water partition coefficient (Wildman–Crippen LogP) is 1.73. The number of nitrogens with zero attached hydrogens (tertiary/aromatic N) is 2. The van der Waals surface area contributed by atoms with Crippen molar-refractivity contribution in [2.45, 2.75) is 52.4 Å². The van der Waals surface area contributed by atoms with Crippen molar-refractivity contribution < 1.29 is 4.74 Å². The number of hydrogen-bond donors (Lipinski definition) is 1. The number of nitrogens with one attached hydrogen (secondary N) is 1. The van der Waals surface area contributed by atoms with Crippen LogP contribution in [0.3, 0.4) is 0 Å². The molecule has 2 rings (SSSR count). The lowest BCUT2D eigenvalue weighted by atomic mass is 10.1. The summed E-state index contributed by atoms with van der Waals surface area (Å²) in [5.74, 6) is 0. The van der Waals surface area contributed by atoms with Crippen molar-refractivity contribution in [1.82, 2.24) is 15.1 Å². The molecule has 96 valence electrons. The number of aryl methyl sites for hydroxylation is 2. The molecule has 0 aliphatic carbocycles. The molecule has 2 heterocycles. The molecule has 0 amide bonds. The Morgan fingerprint density at radius 1 is 1.53 bits per heavy atom. The summed E-state index contributed by atoms with van der Waals surface area (Å²) < 4.78 is 8.00. The normalized spacial score (nSPS) is 20.7. The lowest BCUT2D eigenvalue weighted by Crippen LogP contribution is -2.35. The highest BCUT2D eigenvalue weighted by Crippen LogP contribution is 2.12. The van der Waals surface area contributed by atoms with Gasteiger partial charge in [0.2, 0.25) is 0 Å². The van der Waals surface area contributed by atoms with E-state index < -0.39 is 0 Å². The second-order valence-electron chi connectivity index (χ2n) is 4.58. The Balaban J connectivity index is 1.90. The molecular weight excluding hydrogens is 214 g/mol. The summed E-state index contributed by atoms with van der Waals surface area (Å²) in [4.78, 5) is 0. The fourth-order valence-corrected chi connectivity index (χ4v) is 2.24. The number of rotatable bonds is 5. The molecule has 1 atom stereocenters. The van der Waals surface area contributed by atoms with Crippen LogP contribution in [0.1, 0.15) is 38.1 Å². The van der Waals surface area contributed by atoms with Crippen LogP contribution >= 0.6 is 0 Å². The van der Waals surface area contributed by atoms with Gasteiger partial charge >= 0.3 is 0 Å². The minimum Gasteiger partial charge on any atom is -0.371 e. The maximum atomic E-state index is 5.95. The van der Waals surface area contributed by atoms with E-state index in [0.717, 1.165) is 31.7 Å². The molecule has 0 bridgehead atoms. The van der Waals surface area contributed by atoms with Gasteiger partial charge in [-0.25, -0.2) is 0 Å². The monoisotopic (exact) mass is 237 g/mol. The van der Waals surface area contributed by atoms with E-state index in [1.807, 2.05) is 0 Å². The highest BCUT2D eigenvalue weighted by molar-refractivity contribution is 5.09. The van der Waals surface area contributed by atoms with Crippen molar-refractivity contribution in [1.29, 1.82) is 0 Å². The first-order valence-corrected chi connectivity index (χ1v) is 6.71. The Morgan fingerprint density at radius 2 is 2.41 bits per heavy atom. The highest BCUT2D eigenvalue weighted by atomic mass is 16.5. The smallest absolute Gasteiger partial charge is 0.0889 e. The molecule has 17 heavy (non-hydrogen) atoms. The van der Waals surface area contributed by atoms with Crippen molar-refractivity contribution in [2.75, 3.05) is 13.1 Å². The molecule has 1 aromatic heterocycles. The number of aromatic nitrogens is 2. The third kappa shape index (κ3) is 3.30. The van der Waals surface area contributed by atoms with Gasteiger partial charge in [-0.2, -0.15) is 5.10 Å². The van der Waals surface area contributed by atoms with E-state index in [2.05, 4.69) is 35.0 Å². The average molecular weight is 237 g/mol. The Labute approximate surface area is 103 Å². The summed E-state index contributed by atoms with van der Waals surface area (Å²) in [5, 5.41) is 7.90. The molecule has 1 aromatic rings. The molecule has 4 heteroatoms. The zero-order valence-corrected chi connectivity index (χ0v) is 10.9. The van der Waals surface area contributed by atoms with Crippen molar-refractivity contribution in [3.63, 3.8) is 0 Å². The Hall–Kier alpha value is -0.870. The Kier molecular flexibility index (Phi) is 4.57. The summed E-state index contributed by atoms with van der Waals surface area (Å²) in [5.41, 5.74) is 2.36. The van der Waals surface area contributed by atoms with Crippen LogP contribution in [0, 0.1) is 0 Å². The van der Waals surface area contributed by atoms with Gasteiger partial charge in [0.1, 0.15) is 0 Å². The lowest BCUT2D eigenvalue weighted by Gasteiger charge is -2.23. The molecule has 1 aliphatic rings. The van der Waals surface area contributed by atoms with Gasteiger partial charge in [0.05, 0.1) is 24.1 Å². The molecule has 4 nitrogen and oxygen atoms in total. The van der Waals surface area contributed by atoms with Crippen molar-refractivity contribution in [3.8, 4) is 0 Å². The van der Waals surface area contributed by atoms with Gasteiger partial charge in [-0.1, -0.05) is 6.92 Å². The maximum Gasteiger partial charge on any atom is 0.0889 e. The average Bonchev–Trinajstić information content (AvgIpc) is 2.80. The first-order chi connectivity index (χ1) is 8.33. The number of piperidine rings is 1. The summed E-state index contributed by atoms with van der Waals surface area (Å²) in [6, 6.07) is 2.17. The molecule has 1 fully saturated rings. The van der Waals surface area contributed by atoms with E-state index >= 15 is 0 Å². The van der Waals surface area contributed by atoms with Gasteiger partial charge in [0.15, 0.2) is 0 Å². The molecule has 1 N–H and O–H groups in total. The van der Waals surface area contributed by atoms with Crippen LogP contribution in [0.5, 0.6) is 0 Å². The summed E-state index contributed by atoms with van der Waals surface area (Å²) in [7, 11) is 0. The third-order valence-electron chi connectivity index (χ3n) is 3.29. The van der Waals surface area contributed by atoms with Gasteiger partial charge < -0.3 is 10.1 Å². The molecule has 0 saturated carbocycles. The molecule has 1 saturated heterocycles. The third-order valence-corrected chi connectivity index (χ3v) is 3.29. The van der Waals surface area contributed by atoms with Crippen molar-refractivity contribution >= 4 is 0 Å². The topological polar surface area (TPSA) is 39.1 Å². The fraction of sp³-hybridized carbons (Fsp3) is 0.769. The van der Waals surface area contributed by atoms with E-state index in [4.69, 9.17) is 4.74 Å². The zero-order valence-electron chi connectivity index (χ0n) is 10.9. The minimum atomic E-state index is 0.369. The molecule has 0 aromatic carbocycles. The number of ether oxygens (including phenoxy) is 1. The van der Waals surface area contributed by atoms with Crippen molar-refractivity contribution in [2.24, 2.45) is 0 Å². The van der Waals surface area contributed by atoms with Crippen LogP contribution in [0.25, 0.3) is 0 Å². The molecule has 0 radical (unpaired) electrons. The summed E-state index contributed by atoms with van der Waals surface area (Å²) >= 11 is 0. The highest BCUT2D eigenvalue weighted by Gasteiger charge is 2.14. The lowest BCUT2D eigenvalue weighted by molar-refractivity contribution is 0.0218. The van der Waals surface area contributed by atoms with E-state index in [9.17, 15) is 0 Å².